The van der Waals surface area contributed by atoms with Crippen LogP contribution in [0.1, 0.15) is 58.4 Å². The van der Waals surface area contributed by atoms with Crippen LogP contribution in [0, 0.1) is 25.5 Å². The molecule has 0 spiro atoms. The Morgan fingerprint density at radius 1 is 0.489 bits per heavy atom. The van der Waals surface area contributed by atoms with Crippen LogP contribution >= 0.6 is 22.7 Å². The number of thiazole rings is 2. The number of pyridine rings is 2. The highest BCUT2D eigenvalue weighted by molar-refractivity contribution is 7.91. The average Bonchev–Trinajstić information content (AvgIpc) is 1.77. The Hall–Kier alpha value is -8.40. The van der Waals surface area contributed by atoms with Crippen molar-refractivity contribution in [2.75, 3.05) is 41.7 Å². The first-order valence-corrected chi connectivity index (χ1v) is 32.8. The van der Waals surface area contributed by atoms with E-state index in [9.17, 15) is 25.6 Å². The molecule has 460 valence electrons. The number of nitrogens with zero attached hydrogens (tertiary/aromatic N) is 10. The molecule has 0 saturated carbocycles. The maximum absolute atomic E-state index is 14.2. The van der Waals surface area contributed by atoms with Crippen molar-refractivity contribution in [2.45, 2.75) is 74.8 Å². The van der Waals surface area contributed by atoms with Crippen LogP contribution in [0.25, 0.3) is 33.0 Å². The number of ether oxygens (including phenoxy) is 6. The summed E-state index contributed by atoms with van der Waals surface area (Å²) in [5.74, 6) is 0.932. The first-order chi connectivity index (χ1) is 42.6. The second-order valence-corrected chi connectivity index (χ2v) is 26.3. The summed E-state index contributed by atoms with van der Waals surface area (Å²) < 4.78 is 121. The zero-order valence-electron chi connectivity index (χ0n) is 49.0. The molecule has 6 aromatic heterocycles. The highest BCUT2D eigenvalue weighted by atomic mass is 32.2. The van der Waals surface area contributed by atoms with Crippen LogP contribution in [0.4, 0.5) is 8.78 Å². The maximum Gasteiger partial charge on any atom is 0.197 e. The molecule has 0 radical (unpaired) electrons. The van der Waals surface area contributed by atoms with Gasteiger partial charge >= 0.3 is 0 Å². The fourth-order valence-corrected chi connectivity index (χ4v) is 14.3. The van der Waals surface area contributed by atoms with Crippen LogP contribution in [-0.4, -0.2) is 118 Å². The molecule has 0 aliphatic rings. The van der Waals surface area contributed by atoms with E-state index >= 15 is 0 Å². The Kier molecular flexibility index (Phi) is 21.8. The Bertz CT molecular complexity index is 3810. The number of aryl methyl sites for hydroxylation is 2. The van der Waals surface area contributed by atoms with E-state index in [1.165, 1.54) is 75.4 Å². The number of hydrogen-bond donors (Lipinski definition) is 0. The van der Waals surface area contributed by atoms with Crippen molar-refractivity contribution >= 4 is 42.3 Å². The first kappa shape index (κ1) is 64.1. The number of hydrogen-bond acceptors (Lipinski definition) is 20. The summed E-state index contributed by atoms with van der Waals surface area (Å²) in [6.45, 7) is 4.81. The lowest BCUT2D eigenvalue weighted by molar-refractivity contribution is 0.117. The van der Waals surface area contributed by atoms with Gasteiger partial charge in [-0.3, -0.25) is 19.1 Å². The van der Waals surface area contributed by atoms with Crippen molar-refractivity contribution in [2.24, 2.45) is 0 Å². The molecule has 0 unspecified atom stereocenters. The van der Waals surface area contributed by atoms with Crippen molar-refractivity contribution in [1.82, 2.24) is 49.5 Å². The van der Waals surface area contributed by atoms with Gasteiger partial charge in [0, 0.05) is 59.6 Å². The normalized spacial score (nSPS) is 12.3. The molecule has 0 N–H and O–H groups in total. The van der Waals surface area contributed by atoms with Crippen molar-refractivity contribution in [3.8, 4) is 56.0 Å². The SMILES string of the molecule is COc1cccc(OC)c1-n1c(CS(=O)(=O)[C@@H](CCOCc2ccccc2)Cc2ccc(F)cn2)nnc1-c1nc(C)cs1.COc1cccc(OC)c1-n1c(CS(=O)(=O)[C@H](CCOCc2ccccc2)Cc2ccc(F)cn2)nnc1-c1nc(C)cs1. The predicted molar refractivity (Wildman–Crippen MR) is 331 cm³/mol. The summed E-state index contributed by atoms with van der Waals surface area (Å²) in [5, 5.41) is 20.5. The molecular weight excluding hydrogens is 1210 g/mol. The minimum Gasteiger partial charge on any atom is -0.494 e. The van der Waals surface area contributed by atoms with Gasteiger partial charge < -0.3 is 28.4 Å². The van der Waals surface area contributed by atoms with E-state index in [0.717, 1.165) is 34.9 Å². The number of halogens is 2. The fraction of sp³-hybridized carbons (Fsp3) is 0.290. The lowest BCUT2D eigenvalue weighted by Crippen LogP contribution is -2.28. The largest absolute Gasteiger partial charge is 0.494 e. The van der Waals surface area contributed by atoms with Gasteiger partial charge in [-0.15, -0.1) is 43.1 Å². The molecular formula is C62H64F2N10O10S4. The quantitative estimate of drug-likeness (QED) is 0.0414. The van der Waals surface area contributed by atoms with Gasteiger partial charge in [0.15, 0.2) is 53.0 Å². The molecule has 6 heterocycles. The second kappa shape index (κ2) is 30.0. The molecule has 4 aromatic carbocycles. The van der Waals surface area contributed by atoms with Crippen molar-refractivity contribution < 1.29 is 54.0 Å². The lowest BCUT2D eigenvalue weighted by atomic mass is 10.2. The number of sulfone groups is 2. The zero-order chi connectivity index (χ0) is 62.2. The van der Waals surface area contributed by atoms with Crippen LogP contribution < -0.4 is 18.9 Å². The summed E-state index contributed by atoms with van der Waals surface area (Å²) >= 11 is 2.74. The smallest absolute Gasteiger partial charge is 0.197 e. The standard InChI is InChI=1S/2C31H32FN5O5S2/c2*1-21-19-43-31(34-21)30-36-35-28(37(30)29-26(40-2)10-7-11-27(29)41-3)20-44(38,39)25(16-24-13-12-23(32)17-33-24)14-15-42-18-22-8-5-4-6-9-22/h2*4-13,17,19,25H,14-16,18,20H2,1-3H3/t2*25-/m10/s1. The minimum absolute atomic E-state index is 0.0714. The molecule has 0 fully saturated rings. The Labute approximate surface area is 517 Å². The number of aromatic nitrogens is 10. The third kappa shape index (κ3) is 16.2. The lowest BCUT2D eigenvalue weighted by Gasteiger charge is -2.19. The minimum atomic E-state index is -3.90. The number of methoxy groups -OCH3 is 4. The summed E-state index contributed by atoms with van der Waals surface area (Å²) in [5.41, 5.74) is 5.37. The van der Waals surface area contributed by atoms with Crippen LogP contribution in [0.5, 0.6) is 23.0 Å². The molecule has 88 heavy (non-hydrogen) atoms. The molecule has 0 bridgehead atoms. The van der Waals surface area contributed by atoms with Crippen LogP contribution in [0.15, 0.2) is 144 Å². The van der Waals surface area contributed by atoms with Crippen LogP contribution in [-0.2, 0) is 66.7 Å². The van der Waals surface area contributed by atoms with E-state index < -0.39 is 53.3 Å². The first-order valence-electron chi connectivity index (χ1n) is 27.6. The summed E-state index contributed by atoms with van der Waals surface area (Å²) in [7, 11) is -1.71. The topological polar surface area (TPSA) is 237 Å². The molecule has 0 aliphatic heterocycles. The maximum atomic E-state index is 14.2. The van der Waals surface area contributed by atoms with Crippen LogP contribution in [0.3, 0.4) is 0 Å². The van der Waals surface area contributed by atoms with Crippen molar-refractivity contribution in [1.29, 1.82) is 0 Å². The van der Waals surface area contributed by atoms with Gasteiger partial charge in [-0.25, -0.2) is 35.6 Å². The van der Waals surface area contributed by atoms with Gasteiger partial charge in [0.1, 0.15) is 57.5 Å². The van der Waals surface area contributed by atoms with Gasteiger partial charge in [0.05, 0.1) is 64.5 Å². The molecule has 0 saturated heterocycles. The Morgan fingerprint density at radius 3 is 1.18 bits per heavy atom. The highest BCUT2D eigenvalue weighted by Crippen LogP contribution is 2.40. The predicted octanol–water partition coefficient (Wildman–Crippen LogP) is 10.8. The summed E-state index contributed by atoms with van der Waals surface area (Å²) in [6, 6.07) is 35.3. The Balaban J connectivity index is 0.000000209. The van der Waals surface area contributed by atoms with Gasteiger partial charge in [-0.05, 0) is 86.3 Å². The third-order valence-corrected chi connectivity index (χ3v) is 19.9. The molecule has 0 aliphatic carbocycles. The van der Waals surface area contributed by atoms with Crippen molar-refractivity contribution in [3.63, 3.8) is 0 Å². The van der Waals surface area contributed by atoms with Crippen LogP contribution in [0.2, 0.25) is 0 Å². The molecule has 10 rings (SSSR count). The highest BCUT2D eigenvalue weighted by Gasteiger charge is 2.34. The van der Waals surface area contributed by atoms with E-state index in [-0.39, 0.29) is 50.5 Å². The Morgan fingerprint density at radius 2 is 0.864 bits per heavy atom. The summed E-state index contributed by atoms with van der Waals surface area (Å²) in [4.78, 5) is 17.4. The van der Waals surface area contributed by atoms with Crippen molar-refractivity contribution in [3.05, 3.63) is 202 Å². The van der Waals surface area contributed by atoms with E-state index in [1.807, 2.05) is 85.3 Å². The number of benzene rings is 4. The number of para-hydroxylation sites is 2. The van der Waals surface area contributed by atoms with E-state index in [2.05, 4.69) is 40.3 Å². The zero-order valence-corrected chi connectivity index (χ0v) is 52.3. The van der Waals surface area contributed by atoms with Gasteiger partial charge in [-0.2, -0.15) is 0 Å². The molecule has 20 nitrogen and oxygen atoms in total. The van der Waals surface area contributed by atoms with Gasteiger partial charge in [0.2, 0.25) is 0 Å². The number of rotatable bonds is 28. The fourth-order valence-electron chi connectivity index (χ4n) is 9.48. The second-order valence-electron chi connectivity index (χ2n) is 20.0. The molecule has 0 amide bonds. The van der Waals surface area contributed by atoms with Gasteiger partial charge in [0.25, 0.3) is 0 Å². The summed E-state index contributed by atoms with van der Waals surface area (Å²) in [6.07, 6.45) is 2.69. The molecule has 26 heteroatoms. The van der Waals surface area contributed by atoms with E-state index in [4.69, 9.17) is 28.4 Å². The molecule has 10 aromatic rings. The van der Waals surface area contributed by atoms with E-state index in [1.54, 1.807) is 45.5 Å². The monoisotopic (exact) mass is 1270 g/mol. The molecule has 2 atom stereocenters. The third-order valence-electron chi connectivity index (χ3n) is 13.9. The van der Waals surface area contributed by atoms with Gasteiger partial charge in [-0.1, -0.05) is 72.8 Å². The van der Waals surface area contributed by atoms with E-state index in [0.29, 0.717) is 80.6 Å². The average molecular weight is 1280 g/mol.